The first-order valence-electron chi connectivity index (χ1n) is 9.88. The number of carbonyl (C=O) groups is 1. The molecular weight excluding hydrogens is 358 g/mol. The van der Waals surface area contributed by atoms with Gasteiger partial charge in [0.2, 0.25) is 0 Å². The highest BCUT2D eigenvalue weighted by molar-refractivity contribution is 6.30. The quantitative estimate of drug-likeness (QED) is 0.748. The standard InChI is InChI=1S/C22H24ClN3O/c23-18-3-1-17(2-4-18)21(27)25-19-5-6-20(24-13-19)26-22-10-14-7-15(11-22)9-16(8-14)12-22/h1-6,13-16H,7-12H2,(H,24,26)(H,25,27). The highest BCUT2D eigenvalue weighted by atomic mass is 35.5. The molecule has 1 amide bonds. The molecule has 0 saturated heterocycles. The fourth-order valence-corrected chi connectivity index (χ4v) is 6.01. The predicted molar refractivity (Wildman–Crippen MR) is 108 cm³/mol. The fraction of sp³-hybridized carbons (Fsp3) is 0.455. The van der Waals surface area contributed by atoms with Crippen molar-refractivity contribution in [1.29, 1.82) is 0 Å². The Morgan fingerprint density at radius 2 is 1.59 bits per heavy atom. The number of anilines is 2. The molecule has 0 atom stereocenters. The lowest BCUT2D eigenvalue weighted by atomic mass is 9.53. The second kappa shape index (κ2) is 6.52. The Morgan fingerprint density at radius 1 is 0.963 bits per heavy atom. The minimum Gasteiger partial charge on any atom is -0.365 e. The lowest BCUT2D eigenvalue weighted by Gasteiger charge is -2.57. The summed E-state index contributed by atoms with van der Waals surface area (Å²) in [7, 11) is 0. The number of carbonyl (C=O) groups excluding carboxylic acids is 1. The number of benzene rings is 1. The molecule has 1 heterocycles. The van der Waals surface area contributed by atoms with Crippen molar-refractivity contribution in [3.8, 4) is 0 Å². The number of hydrogen-bond donors (Lipinski definition) is 2. The van der Waals surface area contributed by atoms with Gasteiger partial charge in [-0.15, -0.1) is 0 Å². The minimum absolute atomic E-state index is 0.157. The summed E-state index contributed by atoms with van der Waals surface area (Å²) in [6.45, 7) is 0. The van der Waals surface area contributed by atoms with Gasteiger partial charge in [0.05, 0.1) is 11.9 Å². The second-order valence-corrected chi connectivity index (χ2v) is 9.15. The van der Waals surface area contributed by atoms with Crippen LogP contribution in [0.2, 0.25) is 5.02 Å². The van der Waals surface area contributed by atoms with Gasteiger partial charge in [-0.1, -0.05) is 11.6 Å². The summed E-state index contributed by atoms with van der Waals surface area (Å²) in [6, 6.07) is 10.8. The van der Waals surface area contributed by atoms with Gasteiger partial charge in [0.1, 0.15) is 5.82 Å². The molecule has 4 aliphatic rings. The molecule has 4 aliphatic carbocycles. The Bertz CT molecular complexity index is 812. The van der Waals surface area contributed by atoms with Crippen LogP contribution in [0.3, 0.4) is 0 Å². The van der Waals surface area contributed by atoms with Crippen LogP contribution < -0.4 is 10.6 Å². The highest BCUT2D eigenvalue weighted by Gasteiger charge is 2.51. The summed E-state index contributed by atoms with van der Waals surface area (Å²) < 4.78 is 0. The molecule has 4 bridgehead atoms. The van der Waals surface area contributed by atoms with E-state index >= 15 is 0 Å². The number of rotatable bonds is 4. The third-order valence-electron chi connectivity index (χ3n) is 6.56. The third-order valence-corrected chi connectivity index (χ3v) is 6.81. The van der Waals surface area contributed by atoms with Gasteiger partial charge >= 0.3 is 0 Å². The number of nitrogens with one attached hydrogen (secondary N) is 2. The van der Waals surface area contributed by atoms with Crippen LogP contribution in [0.1, 0.15) is 48.9 Å². The van der Waals surface area contributed by atoms with E-state index in [1.807, 2.05) is 12.1 Å². The summed E-state index contributed by atoms with van der Waals surface area (Å²) in [6.07, 6.45) is 9.90. The van der Waals surface area contributed by atoms with Gasteiger partial charge < -0.3 is 10.6 Å². The Morgan fingerprint density at radius 3 is 2.15 bits per heavy atom. The summed E-state index contributed by atoms with van der Waals surface area (Å²) in [5.74, 6) is 3.47. The Kier molecular flexibility index (Phi) is 4.12. The van der Waals surface area contributed by atoms with Gasteiger partial charge in [0.15, 0.2) is 0 Å². The Balaban J connectivity index is 1.25. The molecule has 27 heavy (non-hydrogen) atoms. The molecule has 5 heteroatoms. The third kappa shape index (κ3) is 3.43. The Labute approximate surface area is 164 Å². The van der Waals surface area contributed by atoms with Crippen LogP contribution >= 0.6 is 11.6 Å². The monoisotopic (exact) mass is 381 g/mol. The summed E-state index contributed by atoms with van der Waals surface area (Å²) in [5, 5.41) is 7.28. The van der Waals surface area contributed by atoms with Crippen molar-refractivity contribution in [2.24, 2.45) is 17.8 Å². The van der Waals surface area contributed by atoms with Gasteiger partial charge in [-0.05, 0) is 92.7 Å². The van der Waals surface area contributed by atoms with Crippen molar-refractivity contribution in [3.05, 3.63) is 53.2 Å². The van der Waals surface area contributed by atoms with Gasteiger partial charge in [-0.25, -0.2) is 4.98 Å². The molecule has 0 aliphatic heterocycles. The second-order valence-electron chi connectivity index (χ2n) is 8.72. The fourth-order valence-electron chi connectivity index (χ4n) is 5.88. The molecule has 0 radical (unpaired) electrons. The van der Waals surface area contributed by atoms with Crippen molar-refractivity contribution in [2.45, 2.75) is 44.1 Å². The number of hydrogen-bond acceptors (Lipinski definition) is 3. The maximum atomic E-state index is 12.3. The number of pyridine rings is 1. The molecule has 1 aromatic heterocycles. The van der Waals surface area contributed by atoms with Crippen LogP contribution in [0.25, 0.3) is 0 Å². The van der Waals surface area contributed by atoms with Crippen molar-refractivity contribution < 1.29 is 4.79 Å². The molecule has 1 aromatic carbocycles. The molecule has 0 spiro atoms. The van der Waals surface area contributed by atoms with Gasteiger partial charge in [-0.2, -0.15) is 0 Å². The van der Waals surface area contributed by atoms with E-state index in [-0.39, 0.29) is 11.4 Å². The van der Waals surface area contributed by atoms with Crippen LogP contribution in [0.15, 0.2) is 42.6 Å². The normalized spacial score (nSPS) is 30.9. The van der Waals surface area contributed by atoms with Gasteiger partial charge in [-0.3, -0.25) is 4.79 Å². The van der Waals surface area contributed by atoms with E-state index in [9.17, 15) is 4.79 Å². The maximum absolute atomic E-state index is 12.3. The van der Waals surface area contributed by atoms with E-state index in [1.165, 1.54) is 38.5 Å². The molecule has 2 aromatic rings. The summed E-state index contributed by atoms with van der Waals surface area (Å²) in [5.41, 5.74) is 1.52. The van der Waals surface area contributed by atoms with Crippen molar-refractivity contribution in [2.75, 3.05) is 10.6 Å². The molecule has 6 rings (SSSR count). The van der Waals surface area contributed by atoms with Crippen molar-refractivity contribution >= 4 is 29.0 Å². The van der Waals surface area contributed by atoms with E-state index in [0.29, 0.717) is 16.3 Å². The van der Waals surface area contributed by atoms with Crippen LogP contribution in [0.5, 0.6) is 0 Å². The minimum atomic E-state index is -0.157. The molecule has 4 fully saturated rings. The van der Waals surface area contributed by atoms with E-state index in [2.05, 4.69) is 15.6 Å². The lowest BCUT2D eigenvalue weighted by molar-refractivity contribution is 0.0105. The van der Waals surface area contributed by atoms with E-state index < -0.39 is 0 Å². The number of amides is 1. The number of halogens is 1. The van der Waals surface area contributed by atoms with Crippen LogP contribution in [0, 0.1) is 17.8 Å². The smallest absolute Gasteiger partial charge is 0.255 e. The van der Waals surface area contributed by atoms with Crippen molar-refractivity contribution in [1.82, 2.24) is 4.98 Å². The molecule has 4 nitrogen and oxygen atoms in total. The molecule has 4 saturated carbocycles. The van der Waals surface area contributed by atoms with Crippen LogP contribution in [-0.4, -0.2) is 16.4 Å². The van der Waals surface area contributed by atoms with Crippen LogP contribution in [-0.2, 0) is 0 Å². The summed E-state index contributed by atoms with van der Waals surface area (Å²) >= 11 is 5.87. The van der Waals surface area contributed by atoms with Crippen LogP contribution in [0.4, 0.5) is 11.5 Å². The van der Waals surface area contributed by atoms with E-state index in [1.54, 1.807) is 30.5 Å². The number of aromatic nitrogens is 1. The zero-order valence-corrected chi connectivity index (χ0v) is 16.0. The highest BCUT2D eigenvalue weighted by Crippen LogP contribution is 2.56. The van der Waals surface area contributed by atoms with E-state index in [0.717, 1.165) is 23.6 Å². The predicted octanol–water partition coefficient (Wildman–Crippen LogP) is 5.37. The van der Waals surface area contributed by atoms with Crippen molar-refractivity contribution in [3.63, 3.8) is 0 Å². The first-order chi connectivity index (χ1) is 13.1. The maximum Gasteiger partial charge on any atom is 0.255 e. The molecular formula is C22H24ClN3O. The van der Waals surface area contributed by atoms with Gasteiger partial charge in [0.25, 0.3) is 5.91 Å². The average molecular weight is 382 g/mol. The molecule has 2 N–H and O–H groups in total. The SMILES string of the molecule is O=C(Nc1ccc(NC23CC4CC(CC(C4)C2)C3)nc1)c1ccc(Cl)cc1. The molecule has 0 unspecified atom stereocenters. The zero-order valence-electron chi connectivity index (χ0n) is 15.2. The van der Waals surface area contributed by atoms with Gasteiger partial charge in [0, 0.05) is 16.1 Å². The first-order valence-corrected chi connectivity index (χ1v) is 10.3. The lowest BCUT2D eigenvalue weighted by Crippen LogP contribution is -2.54. The topological polar surface area (TPSA) is 54.0 Å². The summed E-state index contributed by atoms with van der Waals surface area (Å²) in [4.78, 5) is 16.9. The largest absolute Gasteiger partial charge is 0.365 e. The zero-order chi connectivity index (χ0) is 18.4. The van der Waals surface area contributed by atoms with E-state index in [4.69, 9.17) is 11.6 Å². The average Bonchev–Trinajstić information content (AvgIpc) is 2.62. The number of nitrogens with zero attached hydrogens (tertiary/aromatic N) is 1. The first kappa shape index (κ1) is 17.1. The molecule has 140 valence electrons. The Hall–Kier alpha value is -2.07.